The van der Waals surface area contributed by atoms with Crippen LogP contribution in [0.1, 0.15) is 42.9 Å². The second kappa shape index (κ2) is 7.07. The van der Waals surface area contributed by atoms with Gasteiger partial charge in [-0.05, 0) is 43.0 Å². The predicted molar refractivity (Wildman–Crippen MR) is 77.3 cm³/mol. The Morgan fingerprint density at radius 3 is 2.53 bits per heavy atom. The van der Waals surface area contributed by atoms with E-state index in [0.717, 1.165) is 18.9 Å². The number of rotatable bonds is 6. The van der Waals surface area contributed by atoms with Gasteiger partial charge in [0.2, 0.25) is 0 Å². The molecule has 1 unspecified atom stereocenters. The molecule has 94 valence electrons. The van der Waals surface area contributed by atoms with E-state index >= 15 is 0 Å². The normalized spacial score (nSPS) is 18.4. The van der Waals surface area contributed by atoms with Gasteiger partial charge in [-0.2, -0.15) is 11.8 Å². The molecule has 1 aromatic rings. The molecule has 0 aromatic heterocycles. The molecule has 1 atom stereocenters. The van der Waals surface area contributed by atoms with Gasteiger partial charge in [-0.25, -0.2) is 0 Å². The molecule has 2 rings (SSSR count). The topological polar surface area (TPSA) is 26.0 Å². The first kappa shape index (κ1) is 13.0. The van der Waals surface area contributed by atoms with Gasteiger partial charge in [0.15, 0.2) is 0 Å². The van der Waals surface area contributed by atoms with Crippen molar-refractivity contribution in [3.8, 4) is 0 Å². The van der Waals surface area contributed by atoms with Gasteiger partial charge < -0.3 is 5.73 Å². The lowest BCUT2D eigenvalue weighted by Gasteiger charge is -2.18. The van der Waals surface area contributed by atoms with E-state index in [1.807, 2.05) is 0 Å². The number of thioether (sulfide) groups is 1. The predicted octanol–water partition coefficient (Wildman–Crippen LogP) is 4.00. The van der Waals surface area contributed by atoms with E-state index in [2.05, 4.69) is 42.1 Å². The van der Waals surface area contributed by atoms with Crippen LogP contribution < -0.4 is 5.73 Å². The summed E-state index contributed by atoms with van der Waals surface area (Å²) in [5.74, 6) is 2.28. The Morgan fingerprint density at radius 1 is 1.18 bits per heavy atom. The monoisotopic (exact) mass is 249 g/mol. The number of benzene rings is 1. The van der Waals surface area contributed by atoms with Crippen molar-refractivity contribution in [2.45, 2.75) is 37.4 Å². The third-order valence-corrected chi connectivity index (χ3v) is 5.18. The zero-order chi connectivity index (χ0) is 11.9. The first-order valence-electron chi connectivity index (χ1n) is 6.76. The Balaban J connectivity index is 1.88. The van der Waals surface area contributed by atoms with Crippen LogP contribution in [0.5, 0.6) is 0 Å². The van der Waals surface area contributed by atoms with E-state index in [4.69, 9.17) is 5.73 Å². The minimum Gasteiger partial charge on any atom is -0.330 e. The maximum absolute atomic E-state index is 5.74. The summed E-state index contributed by atoms with van der Waals surface area (Å²) in [6.45, 7) is 0.789. The lowest BCUT2D eigenvalue weighted by Crippen LogP contribution is -2.07. The van der Waals surface area contributed by atoms with Crippen LogP contribution in [0.15, 0.2) is 30.3 Å². The fourth-order valence-electron chi connectivity index (χ4n) is 2.59. The van der Waals surface area contributed by atoms with Crippen LogP contribution in [-0.2, 0) is 0 Å². The lowest BCUT2D eigenvalue weighted by molar-refractivity contribution is 0.621. The molecule has 0 spiro atoms. The van der Waals surface area contributed by atoms with Crippen LogP contribution in [0.3, 0.4) is 0 Å². The standard InChI is InChI=1S/C15H23NS/c16-11-10-15(14-8-2-1-3-9-14)17-12-13-6-4-5-7-13/h1-3,8-9,13,15H,4-7,10-12,16H2. The number of hydrogen-bond acceptors (Lipinski definition) is 2. The van der Waals surface area contributed by atoms with Gasteiger partial charge in [0, 0.05) is 5.25 Å². The quantitative estimate of drug-likeness (QED) is 0.824. The van der Waals surface area contributed by atoms with Crippen molar-refractivity contribution in [1.29, 1.82) is 0 Å². The molecular weight excluding hydrogens is 226 g/mol. The number of nitrogens with two attached hydrogens (primary N) is 1. The van der Waals surface area contributed by atoms with Gasteiger partial charge in [0.1, 0.15) is 0 Å². The van der Waals surface area contributed by atoms with Gasteiger partial charge in [-0.1, -0.05) is 43.2 Å². The van der Waals surface area contributed by atoms with Crippen LogP contribution in [0, 0.1) is 5.92 Å². The Labute approximate surface area is 109 Å². The molecule has 0 bridgehead atoms. The van der Waals surface area contributed by atoms with Gasteiger partial charge >= 0.3 is 0 Å². The molecule has 17 heavy (non-hydrogen) atoms. The molecule has 0 saturated heterocycles. The highest BCUT2D eigenvalue weighted by molar-refractivity contribution is 7.99. The molecule has 1 fully saturated rings. The summed E-state index contributed by atoms with van der Waals surface area (Å²) in [7, 11) is 0. The van der Waals surface area contributed by atoms with Crippen LogP contribution in [0.4, 0.5) is 0 Å². The van der Waals surface area contributed by atoms with Crippen LogP contribution in [-0.4, -0.2) is 12.3 Å². The molecule has 1 saturated carbocycles. The van der Waals surface area contributed by atoms with E-state index in [-0.39, 0.29) is 0 Å². The van der Waals surface area contributed by atoms with E-state index < -0.39 is 0 Å². The van der Waals surface area contributed by atoms with Gasteiger partial charge in [0.25, 0.3) is 0 Å². The third kappa shape index (κ3) is 4.04. The molecule has 0 aliphatic heterocycles. The summed E-state index contributed by atoms with van der Waals surface area (Å²) < 4.78 is 0. The molecular formula is C15H23NS. The summed E-state index contributed by atoms with van der Waals surface area (Å²) in [5.41, 5.74) is 7.18. The molecule has 1 aromatic carbocycles. The molecule has 1 nitrogen and oxygen atoms in total. The maximum Gasteiger partial charge on any atom is 0.0309 e. The minimum absolute atomic E-state index is 0.599. The highest BCUT2D eigenvalue weighted by Crippen LogP contribution is 2.36. The van der Waals surface area contributed by atoms with Crippen LogP contribution in [0.2, 0.25) is 0 Å². The molecule has 2 heteroatoms. The van der Waals surface area contributed by atoms with Gasteiger partial charge in [-0.3, -0.25) is 0 Å². The highest BCUT2D eigenvalue weighted by atomic mass is 32.2. The van der Waals surface area contributed by atoms with Crippen molar-refractivity contribution in [1.82, 2.24) is 0 Å². The average Bonchev–Trinajstić information content (AvgIpc) is 2.88. The largest absolute Gasteiger partial charge is 0.330 e. The Kier molecular flexibility index (Phi) is 5.40. The first-order chi connectivity index (χ1) is 8.40. The summed E-state index contributed by atoms with van der Waals surface area (Å²) >= 11 is 2.12. The fourth-order valence-corrected chi connectivity index (χ4v) is 4.08. The molecule has 2 N–H and O–H groups in total. The third-order valence-electron chi connectivity index (χ3n) is 3.61. The summed E-state index contributed by atoms with van der Waals surface area (Å²) in [4.78, 5) is 0. The van der Waals surface area contributed by atoms with Crippen LogP contribution >= 0.6 is 11.8 Å². The van der Waals surface area contributed by atoms with Gasteiger partial charge in [-0.15, -0.1) is 0 Å². The summed E-state index contributed by atoms with van der Waals surface area (Å²) in [5, 5.41) is 0.599. The smallest absolute Gasteiger partial charge is 0.0309 e. The van der Waals surface area contributed by atoms with Crippen molar-refractivity contribution < 1.29 is 0 Å². The second-order valence-corrected chi connectivity index (χ2v) is 6.20. The second-order valence-electron chi connectivity index (χ2n) is 4.96. The molecule has 0 amide bonds. The van der Waals surface area contributed by atoms with E-state index in [1.165, 1.54) is 37.0 Å². The van der Waals surface area contributed by atoms with E-state index in [0.29, 0.717) is 5.25 Å². The maximum atomic E-state index is 5.74. The molecule has 1 aliphatic rings. The average molecular weight is 249 g/mol. The molecule has 0 radical (unpaired) electrons. The lowest BCUT2D eigenvalue weighted by atomic mass is 10.1. The Hall–Kier alpha value is -0.470. The molecule has 0 heterocycles. The van der Waals surface area contributed by atoms with Gasteiger partial charge in [0.05, 0.1) is 0 Å². The zero-order valence-electron chi connectivity index (χ0n) is 10.5. The zero-order valence-corrected chi connectivity index (χ0v) is 11.3. The minimum atomic E-state index is 0.599. The Bertz CT molecular complexity index is 306. The van der Waals surface area contributed by atoms with Crippen molar-refractivity contribution >= 4 is 11.8 Å². The first-order valence-corrected chi connectivity index (χ1v) is 7.81. The van der Waals surface area contributed by atoms with Crippen molar-refractivity contribution in [3.05, 3.63) is 35.9 Å². The van der Waals surface area contributed by atoms with Crippen molar-refractivity contribution in [3.63, 3.8) is 0 Å². The molecule has 1 aliphatic carbocycles. The highest BCUT2D eigenvalue weighted by Gasteiger charge is 2.18. The SMILES string of the molecule is NCCC(SCC1CCCC1)c1ccccc1. The summed E-state index contributed by atoms with van der Waals surface area (Å²) in [6.07, 6.45) is 6.87. The van der Waals surface area contributed by atoms with Crippen molar-refractivity contribution in [2.24, 2.45) is 11.7 Å². The Morgan fingerprint density at radius 2 is 1.88 bits per heavy atom. The van der Waals surface area contributed by atoms with Crippen molar-refractivity contribution in [2.75, 3.05) is 12.3 Å². The van der Waals surface area contributed by atoms with E-state index in [9.17, 15) is 0 Å². The van der Waals surface area contributed by atoms with Crippen LogP contribution in [0.25, 0.3) is 0 Å². The number of hydrogen-bond donors (Lipinski definition) is 1. The summed E-state index contributed by atoms with van der Waals surface area (Å²) in [6, 6.07) is 10.8. The fraction of sp³-hybridized carbons (Fsp3) is 0.600. The van der Waals surface area contributed by atoms with E-state index in [1.54, 1.807) is 0 Å².